The van der Waals surface area contributed by atoms with Crippen molar-refractivity contribution in [1.29, 1.82) is 0 Å². The van der Waals surface area contributed by atoms with Crippen molar-refractivity contribution in [3.05, 3.63) is 48.3 Å². The van der Waals surface area contributed by atoms with E-state index in [0.717, 1.165) is 31.3 Å². The maximum absolute atomic E-state index is 10.6. The Bertz CT molecular complexity index is 872. The standard InChI is InChI=1S/C16H20N2O2.2C2HF3O2/c1-2-16(20-4-1)11-18-9-14-6-15(18)10-17(8-14)7-13-3-5-19-12-13;2*3-2(4,5)1(6)7/h1-5,12,14-15H,6-11H2;2*(H,6,7). The van der Waals surface area contributed by atoms with Crippen LogP contribution in [0.5, 0.6) is 0 Å². The summed E-state index contributed by atoms with van der Waals surface area (Å²) in [7, 11) is 0. The summed E-state index contributed by atoms with van der Waals surface area (Å²) in [5, 5.41) is 14.2. The molecule has 0 saturated carbocycles. The maximum Gasteiger partial charge on any atom is 0.490 e. The Morgan fingerprint density at radius 1 is 0.941 bits per heavy atom. The number of fused-ring (bicyclic) bond motifs is 2. The third-order valence-corrected chi connectivity index (χ3v) is 5.01. The van der Waals surface area contributed by atoms with Gasteiger partial charge >= 0.3 is 24.3 Å². The fourth-order valence-electron chi connectivity index (χ4n) is 3.72. The van der Waals surface area contributed by atoms with Gasteiger partial charge in [-0.25, -0.2) is 9.59 Å². The lowest BCUT2D eigenvalue weighted by molar-refractivity contribution is -0.193. The molecule has 2 N–H and O–H groups in total. The molecular formula is C20H22F6N2O6. The molecule has 0 spiro atoms. The molecule has 0 aliphatic carbocycles. The Morgan fingerprint density at radius 2 is 1.56 bits per heavy atom. The van der Waals surface area contributed by atoms with Gasteiger partial charge in [0.05, 0.1) is 25.3 Å². The van der Waals surface area contributed by atoms with Gasteiger partial charge in [-0.2, -0.15) is 26.3 Å². The number of rotatable bonds is 4. The van der Waals surface area contributed by atoms with Gasteiger partial charge in [-0.3, -0.25) is 9.80 Å². The SMILES string of the molecule is O=C(O)C(F)(F)F.O=C(O)C(F)(F)F.c1coc(CN2CC3CC2CN(Cc2ccoc2)C3)c1. The minimum Gasteiger partial charge on any atom is -0.475 e. The number of nitrogens with zero attached hydrogens (tertiary/aromatic N) is 2. The van der Waals surface area contributed by atoms with Gasteiger partial charge in [-0.15, -0.1) is 0 Å². The zero-order chi connectivity index (χ0) is 25.5. The van der Waals surface area contributed by atoms with Crippen LogP contribution in [0.1, 0.15) is 17.7 Å². The van der Waals surface area contributed by atoms with E-state index < -0.39 is 24.3 Å². The van der Waals surface area contributed by atoms with Crippen molar-refractivity contribution in [2.24, 2.45) is 5.92 Å². The Labute approximate surface area is 189 Å². The van der Waals surface area contributed by atoms with Gasteiger partial charge in [-0.1, -0.05) is 0 Å². The molecule has 4 rings (SSSR count). The normalized spacial score (nSPS) is 20.6. The van der Waals surface area contributed by atoms with E-state index in [4.69, 9.17) is 28.6 Å². The number of piperidine rings is 1. The van der Waals surface area contributed by atoms with Crippen molar-refractivity contribution >= 4 is 11.9 Å². The second-order valence-electron chi connectivity index (χ2n) is 7.70. The van der Waals surface area contributed by atoms with Gasteiger partial charge < -0.3 is 19.0 Å². The monoisotopic (exact) mass is 500 g/mol. The summed E-state index contributed by atoms with van der Waals surface area (Å²) in [6.45, 7) is 5.53. The summed E-state index contributed by atoms with van der Waals surface area (Å²) in [6, 6.07) is 6.79. The molecule has 0 aromatic carbocycles. The Morgan fingerprint density at radius 3 is 2.03 bits per heavy atom. The first-order valence-electron chi connectivity index (χ1n) is 9.85. The molecule has 2 aromatic heterocycles. The summed E-state index contributed by atoms with van der Waals surface area (Å²) in [5.41, 5.74) is 1.28. The van der Waals surface area contributed by atoms with Crippen molar-refractivity contribution in [3.63, 3.8) is 0 Å². The summed E-state index contributed by atoms with van der Waals surface area (Å²) >= 11 is 0. The van der Waals surface area contributed by atoms with Crippen LogP contribution in [0.4, 0.5) is 26.3 Å². The number of halogens is 6. The molecule has 2 atom stereocenters. The number of alkyl halides is 6. The van der Waals surface area contributed by atoms with Crippen LogP contribution in [0.15, 0.2) is 45.8 Å². The molecule has 2 saturated heterocycles. The second-order valence-corrected chi connectivity index (χ2v) is 7.70. The number of carbonyl (C=O) groups is 2. The molecule has 2 bridgehead atoms. The summed E-state index contributed by atoms with van der Waals surface area (Å²) in [6.07, 6.45) is -3.44. The molecule has 8 nitrogen and oxygen atoms in total. The third kappa shape index (κ3) is 8.74. The van der Waals surface area contributed by atoms with Crippen molar-refractivity contribution < 1.29 is 55.0 Å². The van der Waals surface area contributed by atoms with E-state index in [1.165, 1.54) is 25.1 Å². The molecule has 14 heteroatoms. The lowest BCUT2D eigenvalue weighted by atomic mass is 10.00. The molecule has 34 heavy (non-hydrogen) atoms. The van der Waals surface area contributed by atoms with Crippen LogP contribution in [0, 0.1) is 5.92 Å². The molecule has 0 amide bonds. The predicted octanol–water partition coefficient (Wildman–Crippen LogP) is 3.85. The molecule has 2 unspecified atom stereocenters. The minimum atomic E-state index is -5.08. The molecule has 190 valence electrons. The van der Waals surface area contributed by atoms with Crippen LogP contribution in [0.25, 0.3) is 0 Å². The predicted molar refractivity (Wildman–Crippen MR) is 102 cm³/mol. The number of furan rings is 2. The fourth-order valence-corrected chi connectivity index (χ4v) is 3.72. The Hall–Kier alpha value is -3.00. The fraction of sp³-hybridized carbons (Fsp3) is 0.500. The second kappa shape index (κ2) is 11.4. The smallest absolute Gasteiger partial charge is 0.475 e. The number of likely N-dealkylation sites (tertiary alicyclic amines) is 2. The van der Waals surface area contributed by atoms with Crippen LogP contribution in [0.3, 0.4) is 0 Å². The lowest BCUT2D eigenvalue weighted by Crippen LogP contribution is -2.41. The topological polar surface area (TPSA) is 107 Å². The Kier molecular flexibility index (Phi) is 9.15. The van der Waals surface area contributed by atoms with Gasteiger partial charge in [0.15, 0.2) is 0 Å². The van der Waals surface area contributed by atoms with Gasteiger partial charge in [-0.05, 0) is 30.5 Å². The van der Waals surface area contributed by atoms with Crippen LogP contribution in [-0.2, 0) is 22.7 Å². The first-order chi connectivity index (χ1) is 15.8. The number of hydrogen-bond acceptors (Lipinski definition) is 6. The maximum atomic E-state index is 10.6. The van der Waals surface area contributed by atoms with E-state index in [1.807, 2.05) is 12.3 Å². The molecule has 0 radical (unpaired) electrons. The van der Waals surface area contributed by atoms with Gasteiger partial charge in [0.1, 0.15) is 5.76 Å². The lowest BCUT2D eigenvalue weighted by Gasteiger charge is -2.32. The van der Waals surface area contributed by atoms with Crippen molar-refractivity contribution in [1.82, 2.24) is 9.80 Å². The molecule has 2 aromatic rings. The van der Waals surface area contributed by atoms with E-state index in [-0.39, 0.29) is 0 Å². The van der Waals surface area contributed by atoms with Crippen LogP contribution in [-0.4, -0.2) is 70.0 Å². The molecular weight excluding hydrogens is 478 g/mol. The minimum absolute atomic E-state index is 0.672. The van der Waals surface area contributed by atoms with E-state index in [9.17, 15) is 26.3 Å². The average Bonchev–Trinajstić information content (AvgIpc) is 3.45. The van der Waals surface area contributed by atoms with Gasteiger partial charge in [0.2, 0.25) is 0 Å². The molecule has 2 aliphatic heterocycles. The van der Waals surface area contributed by atoms with E-state index in [0.29, 0.717) is 6.04 Å². The highest BCUT2D eigenvalue weighted by atomic mass is 19.4. The van der Waals surface area contributed by atoms with Crippen LogP contribution >= 0.6 is 0 Å². The van der Waals surface area contributed by atoms with E-state index >= 15 is 0 Å². The molecule has 2 fully saturated rings. The largest absolute Gasteiger partial charge is 0.490 e. The van der Waals surface area contributed by atoms with Gasteiger partial charge in [0, 0.05) is 37.8 Å². The Balaban J connectivity index is 0.000000244. The third-order valence-electron chi connectivity index (χ3n) is 5.01. The summed E-state index contributed by atoms with van der Waals surface area (Å²) in [4.78, 5) is 22.9. The zero-order valence-corrected chi connectivity index (χ0v) is 17.6. The zero-order valence-electron chi connectivity index (χ0n) is 17.6. The quantitative estimate of drug-likeness (QED) is 0.610. The van der Waals surface area contributed by atoms with Crippen molar-refractivity contribution in [3.8, 4) is 0 Å². The van der Waals surface area contributed by atoms with Crippen molar-refractivity contribution in [2.45, 2.75) is 37.9 Å². The average molecular weight is 500 g/mol. The number of hydrogen-bond donors (Lipinski definition) is 2. The van der Waals surface area contributed by atoms with E-state index in [2.05, 4.69) is 21.9 Å². The van der Waals surface area contributed by atoms with Crippen LogP contribution < -0.4 is 0 Å². The van der Waals surface area contributed by atoms with Gasteiger partial charge in [0.25, 0.3) is 0 Å². The highest BCUT2D eigenvalue weighted by Crippen LogP contribution is 2.31. The van der Waals surface area contributed by atoms with Crippen LogP contribution in [0.2, 0.25) is 0 Å². The number of aliphatic carboxylic acids is 2. The molecule has 4 heterocycles. The number of carboxylic acids is 2. The summed E-state index contributed by atoms with van der Waals surface area (Å²) in [5.74, 6) is -3.63. The first kappa shape index (κ1) is 27.2. The highest BCUT2D eigenvalue weighted by Gasteiger charge is 2.39. The highest BCUT2D eigenvalue weighted by molar-refractivity contribution is 5.73. The first-order valence-corrected chi connectivity index (χ1v) is 9.85. The molecule has 2 aliphatic rings. The van der Waals surface area contributed by atoms with Crippen molar-refractivity contribution in [2.75, 3.05) is 19.6 Å². The number of carboxylic acid groups (broad SMARTS) is 2. The van der Waals surface area contributed by atoms with E-state index in [1.54, 1.807) is 12.5 Å². The summed E-state index contributed by atoms with van der Waals surface area (Å²) < 4.78 is 74.1.